The van der Waals surface area contributed by atoms with Crippen molar-refractivity contribution < 1.29 is 9.84 Å². The molecule has 1 saturated carbocycles. The Labute approximate surface area is 122 Å². The van der Waals surface area contributed by atoms with Crippen LogP contribution in [0.2, 0.25) is 0 Å². The summed E-state index contributed by atoms with van der Waals surface area (Å²) in [6.45, 7) is 0.961. The lowest BCUT2D eigenvalue weighted by atomic mass is 9.77. The second-order valence-electron chi connectivity index (χ2n) is 7.70. The summed E-state index contributed by atoms with van der Waals surface area (Å²) in [6.07, 6.45) is 13.8. The van der Waals surface area contributed by atoms with Gasteiger partial charge in [-0.15, -0.1) is 0 Å². The predicted molar refractivity (Wildman–Crippen MR) is 78.7 cm³/mol. The van der Waals surface area contributed by atoms with Crippen molar-refractivity contribution in [3.63, 3.8) is 0 Å². The first-order chi connectivity index (χ1) is 9.76. The molecule has 2 bridgehead atoms. The standard InChI is InChI=1S/C17H29NO2/c19-16-10-13-4-5-14(11-16)18(13)15-6-9-20-17(12-15)7-2-1-3-8-17/h13-16,19H,1-12H2. The minimum absolute atomic E-state index is 0.0350. The number of hydrogen-bond acceptors (Lipinski definition) is 3. The van der Waals surface area contributed by atoms with Crippen LogP contribution < -0.4 is 0 Å². The predicted octanol–water partition coefficient (Wildman–Crippen LogP) is 2.86. The molecule has 0 aromatic rings. The third-order valence-electron chi connectivity index (χ3n) is 6.42. The van der Waals surface area contributed by atoms with E-state index in [2.05, 4.69) is 4.90 Å². The van der Waals surface area contributed by atoms with Crippen LogP contribution in [-0.2, 0) is 4.74 Å². The molecule has 3 saturated heterocycles. The molecule has 114 valence electrons. The van der Waals surface area contributed by atoms with Gasteiger partial charge in [-0.05, 0) is 51.4 Å². The van der Waals surface area contributed by atoms with Crippen molar-refractivity contribution in [3.8, 4) is 0 Å². The van der Waals surface area contributed by atoms with Crippen LogP contribution in [0.15, 0.2) is 0 Å². The lowest BCUT2D eigenvalue weighted by Gasteiger charge is -2.50. The quantitative estimate of drug-likeness (QED) is 0.801. The number of hydrogen-bond donors (Lipinski definition) is 1. The first-order valence-electron chi connectivity index (χ1n) is 8.85. The molecule has 0 aromatic heterocycles. The summed E-state index contributed by atoms with van der Waals surface area (Å²) in [6, 6.07) is 2.05. The largest absolute Gasteiger partial charge is 0.393 e. The molecule has 0 radical (unpaired) electrons. The molecule has 3 unspecified atom stereocenters. The van der Waals surface area contributed by atoms with E-state index >= 15 is 0 Å². The maximum absolute atomic E-state index is 10.00. The lowest BCUT2D eigenvalue weighted by molar-refractivity contribution is -0.135. The summed E-state index contributed by atoms with van der Waals surface area (Å²) in [5.74, 6) is 0. The third-order valence-corrected chi connectivity index (χ3v) is 6.42. The Hall–Kier alpha value is -0.120. The van der Waals surface area contributed by atoms with E-state index in [1.165, 1.54) is 57.8 Å². The summed E-state index contributed by atoms with van der Waals surface area (Å²) < 4.78 is 6.26. The van der Waals surface area contributed by atoms with Crippen LogP contribution >= 0.6 is 0 Å². The molecule has 4 aliphatic rings. The summed E-state index contributed by atoms with van der Waals surface area (Å²) >= 11 is 0. The van der Waals surface area contributed by atoms with E-state index < -0.39 is 0 Å². The second-order valence-corrected chi connectivity index (χ2v) is 7.70. The van der Waals surface area contributed by atoms with Crippen LogP contribution in [0.4, 0.5) is 0 Å². The highest BCUT2D eigenvalue weighted by Crippen LogP contribution is 2.44. The smallest absolute Gasteiger partial charge is 0.0697 e. The molecular formula is C17H29NO2. The fraction of sp³-hybridized carbons (Fsp3) is 1.00. The van der Waals surface area contributed by atoms with Crippen LogP contribution in [0.5, 0.6) is 0 Å². The Kier molecular flexibility index (Phi) is 3.56. The Morgan fingerprint density at radius 1 is 0.900 bits per heavy atom. The minimum atomic E-state index is -0.0350. The average Bonchev–Trinajstić information content (AvgIpc) is 2.72. The highest BCUT2D eigenvalue weighted by atomic mass is 16.5. The van der Waals surface area contributed by atoms with E-state index in [9.17, 15) is 5.11 Å². The van der Waals surface area contributed by atoms with Crippen molar-refractivity contribution >= 4 is 0 Å². The van der Waals surface area contributed by atoms with Crippen molar-refractivity contribution in [1.82, 2.24) is 4.90 Å². The number of ether oxygens (including phenoxy) is 1. The van der Waals surface area contributed by atoms with Gasteiger partial charge in [0.25, 0.3) is 0 Å². The van der Waals surface area contributed by atoms with Crippen molar-refractivity contribution in [3.05, 3.63) is 0 Å². The highest BCUT2D eigenvalue weighted by Gasteiger charge is 2.47. The van der Waals surface area contributed by atoms with Crippen LogP contribution in [-0.4, -0.2) is 46.4 Å². The summed E-state index contributed by atoms with van der Waals surface area (Å²) in [4.78, 5) is 2.81. The molecule has 3 heteroatoms. The molecule has 4 rings (SSSR count). The van der Waals surface area contributed by atoms with Crippen LogP contribution in [0.3, 0.4) is 0 Å². The van der Waals surface area contributed by atoms with Gasteiger partial charge in [-0.25, -0.2) is 0 Å². The second kappa shape index (κ2) is 5.26. The number of nitrogens with zero attached hydrogens (tertiary/aromatic N) is 1. The van der Waals surface area contributed by atoms with E-state index in [0.717, 1.165) is 25.5 Å². The van der Waals surface area contributed by atoms with Crippen molar-refractivity contribution in [2.45, 2.75) is 100 Å². The van der Waals surface area contributed by atoms with Gasteiger partial charge in [0.15, 0.2) is 0 Å². The zero-order valence-corrected chi connectivity index (χ0v) is 12.6. The number of rotatable bonds is 1. The molecule has 1 spiro atoms. The maximum Gasteiger partial charge on any atom is 0.0697 e. The molecule has 1 N–H and O–H groups in total. The normalized spacial score (nSPS) is 44.9. The zero-order chi connectivity index (χ0) is 13.6. The van der Waals surface area contributed by atoms with Gasteiger partial charge in [0, 0.05) is 24.7 Å². The SMILES string of the molecule is OC1CC2CCC(C1)N2C1CCOC2(CCCCC2)C1. The lowest BCUT2D eigenvalue weighted by Crippen LogP contribution is -2.55. The van der Waals surface area contributed by atoms with E-state index in [1.807, 2.05) is 0 Å². The minimum Gasteiger partial charge on any atom is -0.393 e. The first-order valence-corrected chi connectivity index (χ1v) is 8.85. The van der Waals surface area contributed by atoms with Crippen LogP contribution in [0, 0.1) is 0 Å². The summed E-state index contributed by atoms with van der Waals surface area (Å²) in [5, 5.41) is 10.00. The number of piperidine rings is 1. The van der Waals surface area contributed by atoms with Gasteiger partial charge in [0.05, 0.1) is 11.7 Å². The maximum atomic E-state index is 10.00. The van der Waals surface area contributed by atoms with E-state index in [0.29, 0.717) is 12.1 Å². The van der Waals surface area contributed by atoms with Gasteiger partial charge in [-0.2, -0.15) is 0 Å². The Bertz CT molecular complexity index is 333. The molecule has 20 heavy (non-hydrogen) atoms. The number of aliphatic hydroxyl groups excluding tert-OH is 1. The number of aliphatic hydroxyl groups is 1. The zero-order valence-electron chi connectivity index (χ0n) is 12.6. The summed E-state index contributed by atoms with van der Waals surface area (Å²) in [5.41, 5.74) is 0.219. The summed E-state index contributed by atoms with van der Waals surface area (Å²) in [7, 11) is 0. The fourth-order valence-electron chi connectivity index (χ4n) is 5.58. The molecule has 0 aromatic carbocycles. The third kappa shape index (κ3) is 2.32. The van der Waals surface area contributed by atoms with Gasteiger partial charge in [0.2, 0.25) is 0 Å². The monoisotopic (exact) mass is 279 g/mol. The van der Waals surface area contributed by atoms with Crippen LogP contribution in [0.25, 0.3) is 0 Å². The van der Waals surface area contributed by atoms with E-state index in [4.69, 9.17) is 4.74 Å². The van der Waals surface area contributed by atoms with Crippen molar-refractivity contribution in [1.29, 1.82) is 0 Å². The highest BCUT2D eigenvalue weighted by molar-refractivity contribution is 5.01. The molecule has 1 aliphatic carbocycles. The van der Waals surface area contributed by atoms with Crippen molar-refractivity contribution in [2.75, 3.05) is 6.61 Å². The van der Waals surface area contributed by atoms with Gasteiger partial charge in [-0.1, -0.05) is 19.3 Å². The molecule has 4 fully saturated rings. The molecule has 3 heterocycles. The van der Waals surface area contributed by atoms with Crippen molar-refractivity contribution in [2.24, 2.45) is 0 Å². The first kappa shape index (κ1) is 13.5. The van der Waals surface area contributed by atoms with Gasteiger partial charge in [-0.3, -0.25) is 4.90 Å². The Morgan fingerprint density at radius 3 is 2.30 bits per heavy atom. The van der Waals surface area contributed by atoms with E-state index in [1.54, 1.807) is 0 Å². The molecular weight excluding hydrogens is 250 g/mol. The number of fused-ring (bicyclic) bond motifs is 2. The molecule has 3 atom stereocenters. The Morgan fingerprint density at radius 2 is 1.60 bits per heavy atom. The topological polar surface area (TPSA) is 32.7 Å². The van der Waals surface area contributed by atoms with Gasteiger partial charge < -0.3 is 9.84 Å². The van der Waals surface area contributed by atoms with Gasteiger partial charge in [0.1, 0.15) is 0 Å². The molecule has 3 aliphatic heterocycles. The molecule has 3 nitrogen and oxygen atoms in total. The van der Waals surface area contributed by atoms with E-state index in [-0.39, 0.29) is 11.7 Å². The fourth-order valence-corrected chi connectivity index (χ4v) is 5.58. The average molecular weight is 279 g/mol. The Balaban J connectivity index is 1.48. The van der Waals surface area contributed by atoms with Gasteiger partial charge >= 0.3 is 0 Å². The van der Waals surface area contributed by atoms with Crippen LogP contribution in [0.1, 0.15) is 70.6 Å². The molecule has 0 amide bonds.